The van der Waals surface area contributed by atoms with E-state index in [0.717, 1.165) is 16.5 Å². The summed E-state index contributed by atoms with van der Waals surface area (Å²) in [5, 5.41) is 5.04. The summed E-state index contributed by atoms with van der Waals surface area (Å²) in [5.41, 5.74) is 1.93. The fraction of sp³-hybridized carbons (Fsp3) is 0.250. The fourth-order valence-electron chi connectivity index (χ4n) is 3.67. The van der Waals surface area contributed by atoms with Crippen molar-refractivity contribution in [2.75, 3.05) is 6.61 Å². The topological polar surface area (TPSA) is 65.7 Å². The molecule has 3 aromatic carbocycles. The molecule has 1 atom stereocenters. The molecule has 0 radical (unpaired) electrons. The molecule has 0 unspecified atom stereocenters. The Balaban J connectivity index is 1.71. The molecule has 0 fully saturated rings. The summed E-state index contributed by atoms with van der Waals surface area (Å²) < 4.78 is 27.9. The summed E-state index contributed by atoms with van der Waals surface area (Å²) in [7, 11) is 0. The number of hydrogen-bond acceptors (Lipinski definition) is 5. The van der Waals surface area contributed by atoms with Gasteiger partial charge in [0.2, 0.25) is 0 Å². The molecule has 0 spiro atoms. The molecular formula is C28H26Br2FN3O3. The summed E-state index contributed by atoms with van der Waals surface area (Å²) in [5.74, 6) is 1.39. The first-order valence-electron chi connectivity index (χ1n) is 11.9. The van der Waals surface area contributed by atoms with Gasteiger partial charge in [-0.3, -0.25) is 4.79 Å². The van der Waals surface area contributed by atoms with E-state index in [1.807, 2.05) is 32.9 Å². The Bertz CT molecular complexity index is 1500. The van der Waals surface area contributed by atoms with E-state index in [1.54, 1.807) is 36.5 Å². The van der Waals surface area contributed by atoms with Crippen LogP contribution in [0.3, 0.4) is 0 Å². The number of benzene rings is 3. The van der Waals surface area contributed by atoms with E-state index in [4.69, 9.17) is 14.5 Å². The Kier molecular flexibility index (Phi) is 8.76. The lowest BCUT2D eigenvalue weighted by Crippen LogP contribution is -2.23. The van der Waals surface area contributed by atoms with Gasteiger partial charge < -0.3 is 9.47 Å². The SMILES string of the molecule is CCOc1cc(C=Nn2c([C@@H](C)CC)nc3ccc(Br)cc3c2=O)c(Br)cc1OCc1ccc(F)cc1. The Morgan fingerprint density at radius 2 is 1.78 bits per heavy atom. The third-order valence-corrected chi connectivity index (χ3v) is 7.05. The number of hydrogen-bond donors (Lipinski definition) is 0. The predicted molar refractivity (Wildman–Crippen MR) is 151 cm³/mol. The lowest BCUT2D eigenvalue weighted by molar-refractivity contribution is 0.269. The van der Waals surface area contributed by atoms with Gasteiger partial charge in [0.15, 0.2) is 11.5 Å². The van der Waals surface area contributed by atoms with Crippen LogP contribution >= 0.6 is 31.9 Å². The van der Waals surface area contributed by atoms with E-state index in [9.17, 15) is 9.18 Å². The summed E-state index contributed by atoms with van der Waals surface area (Å²) in [6, 6.07) is 15.2. The summed E-state index contributed by atoms with van der Waals surface area (Å²) in [4.78, 5) is 18.2. The molecule has 9 heteroatoms. The Hall–Kier alpha value is -3.04. The van der Waals surface area contributed by atoms with Crippen molar-refractivity contribution in [1.29, 1.82) is 0 Å². The molecule has 0 aliphatic rings. The first-order chi connectivity index (χ1) is 17.8. The lowest BCUT2D eigenvalue weighted by atomic mass is 10.1. The third kappa shape index (κ3) is 6.27. The van der Waals surface area contributed by atoms with Gasteiger partial charge in [-0.25, -0.2) is 9.37 Å². The number of ether oxygens (including phenoxy) is 2. The Morgan fingerprint density at radius 1 is 1.05 bits per heavy atom. The van der Waals surface area contributed by atoms with Gasteiger partial charge in [0, 0.05) is 20.4 Å². The minimum absolute atomic E-state index is 0.0301. The van der Waals surface area contributed by atoms with E-state index >= 15 is 0 Å². The van der Waals surface area contributed by atoms with Crippen LogP contribution in [0.1, 0.15) is 50.1 Å². The van der Waals surface area contributed by atoms with E-state index in [0.29, 0.717) is 44.9 Å². The molecule has 0 aliphatic heterocycles. The van der Waals surface area contributed by atoms with Crippen LogP contribution < -0.4 is 15.0 Å². The Labute approximate surface area is 231 Å². The van der Waals surface area contributed by atoms with E-state index < -0.39 is 0 Å². The van der Waals surface area contributed by atoms with Crippen molar-refractivity contribution in [1.82, 2.24) is 9.66 Å². The molecule has 0 bridgehead atoms. The monoisotopic (exact) mass is 629 g/mol. The molecule has 0 saturated heterocycles. The predicted octanol–water partition coefficient (Wildman–Crippen LogP) is 7.43. The average molecular weight is 631 g/mol. The highest BCUT2D eigenvalue weighted by molar-refractivity contribution is 9.10. The highest BCUT2D eigenvalue weighted by Gasteiger charge is 2.16. The van der Waals surface area contributed by atoms with Crippen molar-refractivity contribution in [2.24, 2.45) is 5.10 Å². The van der Waals surface area contributed by atoms with Crippen LogP contribution in [-0.4, -0.2) is 22.5 Å². The van der Waals surface area contributed by atoms with Crippen LogP contribution in [0.2, 0.25) is 0 Å². The van der Waals surface area contributed by atoms with Crippen molar-refractivity contribution in [3.8, 4) is 11.5 Å². The Morgan fingerprint density at radius 3 is 2.49 bits per heavy atom. The molecular weight excluding hydrogens is 605 g/mol. The standard InChI is InChI=1S/C28H26Br2FN3O3/c1-4-17(3)27-33-24-11-8-20(29)13-22(24)28(35)34(27)32-15-19-12-25(36-5-2)26(14-23(19)30)37-16-18-6-9-21(31)10-7-18/h6-15,17H,4-5,16H2,1-3H3/t17-/m0/s1. The van der Waals surface area contributed by atoms with Crippen LogP contribution in [0.4, 0.5) is 4.39 Å². The van der Waals surface area contributed by atoms with Crippen molar-refractivity contribution in [3.05, 3.63) is 96.7 Å². The molecule has 4 rings (SSSR count). The van der Waals surface area contributed by atoms with Gasteiger partial charge in [0.05, 0.1) is 23.7 Å². The van der Waals surface area contributed by atoms with Gasteiger partial charge in [-0.15, -0.1) is 0 Å². The molecule has 4 aromatic rings. The number of fused-ring (bicyclic) bond motifs is 1. The molecule has 0 amide bonds. The van der Waals surface area contributed by atoms with Crippen molar-refractivity contribution >= 4 is 49.0 Å². The molecule has 192 valence electrons. The first-order valence-corrected chi connectivity index (χ1v) is 13.5. The zero-order valence-corrected chi connectivity index (χ0v) is 23.8. The smallest absolute Gasteiger partial charge is 0.282 e. The molecule has 0 N–H and O–H groups in total. The fourth-order valence-corrected chi connectivity index (χ4v) is 4.46. The lowest BCUT2D eigenvalue weighted by Gasteiger charge is -2.15. The first kappa shape index (κ1) is 27.0. The van der Waals surface area contributed by atoms with Gasteiger partial charge in [-0.1, -0.05) is 41.9 Å². The molecule has 1 aromatic heterocycles. The second-order valence-corrected chi connectivity index (χ2v) is 10.2. The molecule has 1 heterocycles. The maximum atomic E-state index is 13.4. The van der Waals surface area contributed by atoms with Crippen molar-refractivity contribution in [2.45, 2.75) is 39.7 Å². The highest BCUT2D eigenvalue weighted by Crippen LogP contribution is 2.34. The average Bonchev–Trinajstić information content (AvgIpc) is 2.89. The van der Waals surface area contributed by atoms with E-state index in [1.165, 1.54) is 16.8 Å². The zero-order chi connectivity index (χ0) is 26.5. The minimum Gasteiger partial charge on any atom is -0.490 e. The van der Waals surface area contributed by atoms with Crippen LogP contribution in [0.15, 0.2) is 73.4 Å². The molecule has 0 aliphatic carbocycles. The number of nitrogens with zero attached hydrogens (tertiary/aromatic N) is 3. The van der Waals surface area contributed by atoms with E-state index in [2.05, 4.69) is 37.0 Å². The van der Waals surface area contributed by atoms with Gasteiger partial charge in [-0.2, -0.15) is 9.78 Å². The molecule has 0 saturated carbocycles. The minimum atomic E-state index is -0.296. The van der Waals surface area contributed by atoms with Gasteiger partial charge in [-0.05, 0) is 77.3 Å². The number of halogens is 3. The second-order valence-electron chi connectivity index (χ2n) is 8.47. The van der Waals surface area contributed by atoms with Crippen LogP contribution in [0.25, 0.3) is 10.9 Å². The summed E-state index contributed by atoms with van der Waals surface area (Å²) in [6.07, 6.45) is 2.41. The van der Waals surface area contributed by atoms with Gasteiger partial charge in [0.1, 0.15) is 18.2 Å². The molecule has 37 heavy (non-hydrogen) atoms. The maximum absolute atomic E-state index is 13.4. The highest BCUT2D eigenvalue weighted by atomic mass is 79.9. The summed E-state index contributed by atoms with van der Waals surface area (Å²) in [6.45, 7) is 6.65. The molecule has 6 nitrogen and oxygen atoms in total. The maximum Gasteiger partial charge on any atom is 0.282 e. The third-order valence-electron chi connectivity index (χ3n) is 5.87. The largest absolute Gasteiger partial charge is 0.490 e. The van der Waals surface area contributed by atoms with Gasteiger partial charge in [0.25, 0.3) is 5.56 Å². The van der Waals surface area contributed by atoms with Crippen LogP contribution in [0.5, 0.6) is 11.5 Å². The van der Waals surface area contributed by atoms with Crippen LogP contribution in [-0.2, 0) is 6.61 Å². The van der Waals surface area contributed by atoms with Crippen LogP contribution in [0, 0.1) is 5.82 Å². The quantitative estimate of drug-likeness (QED) is 0.180. The van der Waals surface area contributed by atoms with E-state index in [-0.39, 0.29) is 23.9 Å². The normalized spacial score (nSPS) is 12.3. The zero-order valence-electron chi connectivity index (χ0n) is 20.7. The number of aromatic nitrogens is 2. The second kappa shape index (κ2) is 12.0. The van der Waals surface area contributed by atoms with Crippen molar-refractivity contribution < 1.29 is 13.9 Å². The summed E-state index contributed by atoms with van der Waals surface area (Å²) >= 11 is 7.02. The number of rotatable bonds is 9. The van der Waals surface area contributed by atoms with Gasteiger partial charge >= 0.3 is 0 Å². The van der Waals surface area contributed by atoms with Crippen molar-refractivity contribution in [3.63, 3.8) is 0 Å².